The molecule has 0 aliphatic carbocycles. The SMILES string of the molecule is Nc1cc(C(F)F)c(Br)nc1S(=O)(=O)Cl. The summed E-state index contributed by atoms with van der Waals surface area (Å²) in [6, 6.07) is 0.816. The maximum atomic E-state index is 12.3. The summed E-state index contributed by atoms with van der Waals surface area (Å²) in [7, 11) is 0.852. The molecular formula is C6H4BrClF2N2O2S. The average molecular weight is 322 g/mol. The minimum Gasteiger partial charge on any atom is -0.396 e. The fraction of sp³-hybridized carbons (Fsp3) is 0.167. The number of hydrogen-bond acceptors (Lipinski definition) is 4. The molecule has 0 radical (unpaired) electrons. The Balaban J connectivity index is 3.46. The smallest absolute Gasteiger partial charge is 0.280 e. The van der Waals surface area contributed by atoms with Gasteiger partial charge in [-0.1, -0.05) is 0 Å². The van der Waals surface area contributed by atoms with Crippen molar-refractivity contribution in [1.82, 2.24) is 4.98 Å². The molecule has 0 atom stereocenters. The molecule has 0 aliphatic rings. The second-order valence-corrected chi connectivity index (χ2v) is 5.73. The predicted molar refractivity (Wildman–Crippen MR) is 54.3 cm³/mol. The van der Waals surface area contributed by atoms with E-state index >= 15 is 0 Å². The highest BCUT2D eigenvalue weighted by molar-refractivity contribution is 9.10. The number of alkyl halides is 2. The lowest BCUT2D eigenvalue weighted by molar-refractivity contribution is 0.150. The van der Waals surface area contributed by atoms with Gasteiger partial charge in [0.2, 0.25) is 0 Å². The largest absolute Gasteiger partial charge is 0.396 e. The van der Waals surface area contributed by atoms with Crippen molar-refractivity contribution >= 4 is 41.4 Å². The zero-order valence-electron chi connectivity index (χ0n) is 6.92. The van der Waals surface area contributed by atoms with E-state index in [1.165, 1.54) is 0 Å². The van der Waals surface area contributed by atoms with Crippen molar-refractivity contribution in [1.29, 1.82) is 0 Å². The first-order valence-corrected chi connectivity index (χ1v) is 6.52. The molecule has 0 unspecified atom stereocenters. The van der Waals surface area contributed by atoms with E-state index in [2.05, 4.69) is 20.9 Å². The van der Waals surface area contributed by atoms with Gasteiger partial charge in [-0.25, -0.2) is 22.2 Å². The molecule has 0 fully saturated rings. The van der Waals surface area contributed by atoms with Crippen molar-refractivity contribution in [3.05, 3.63) is 16.2 Å². The van der Waals surface area contributed by atoms with Gasteiger partial charge < -0.3 is 5.73 Å². The van der Waals surface area contributed by atoms with Gasteiger partial charge in [-0.15, -0.1) is 0 Å². The lowest BCUT2D eigenvalue weighted by Crippen LogP contribution is -2.04. The molecule has 1 heterocycles. The first kappa shape index (κ1) is 12.6. The highest BCUT2D eigenvalue weighted by Gasteiger charge is 2.21. The highest BCUT2D eigenvalue weighted by atomic mass is 79.9. The summed E-state index contributed by atoms with van der Waals surface area (Å²) in [5.74, 6) is 0. The third-order valence-electron chi connectivity index (χ3n) is 1.46. The molecule has 2 N–H and O–H groups in total. The van der Waals surface area contributed by atoms with Crippen molar-refractivity contribution in [2.45, 2.75) is 11.5 Å². The van der Waals surface area contributed by atoms with Gasteiger partial charge in [0, 0.05) is 10.7 Å². The normalized spacial score (nSPS) is 12.1. The van der Waals surface area contributed by atoms with Crippen LogP contribution in [0.4, 0.5) is 14.5 Å². The van der Waals surface area contributed by atoms with Gasteiger partial charge in [0.15, 0.2) is 5.03 Å². The fourth-order valence-corrected chi connectivity index (χ4v) is 2.35. The van der Waals surface area contributed by atoms with Crippen LogP contribution in [0.2, 0.25) is 0 Å². The lowest BCUT2D eigenvalue weighted by atomic mass is 10.3. The van der Waals surface area contributed by atoms with Crippen LogP contribution in [-0.2, 0) is 9.05 Å². The van der Waals surface area contributed by atoms with E-state index in [1.807, 2.05) is 0 Å². The lowest BCUT2D eigenvalue weighted by Gasteiger charge is -2.06. The van der Waals surface area contributed by atoms with E-state index in [0.717, 1.165) is 6.07 Å². The molecular weight excluding hydrogens is 317 g/mol. The number of aromatic nitrogens is 1. The zero-order chi connectivity index (χ0) is 11.8. The summed E-state index contributed by atoms with van der Waals surface area (Å²) in [4.78, 5) is 3.36. The number of nitrogen functional groups attached to an aromatic ring is 1. The van der Waals surface area contributed by atoms with Gasteiger partial charge >= 0.3 is 0 Å². The molecule has 4 nitrogen and oxygen atoms in total. The van der Waals surface area contributed by atoms with Crippen LogP contribution >= 0.6 is 26.6 Å². The van der Waals surface area contributed by atoms with Crippen molar-refractivity contribution in [2.24, 2.45) is 0 Å². The topological polar surface area (TPSA) is 73.0 Å². The van der Waals surface area contributed by atoms with Crippen molar-refractivity contribution < 1.29 is 17.2 Å². The Hall–Kier alpha value is -0.470. The number of anilines is 1. The Labute approximate surface area is 97.0 Å². The molecule has 84 valence electrons. The summed E-state index contributed by atoms with van der Waals surface area (Å²) in [6.07, 6.45) is -2.80. The first-order chi connectivity index (χ1) is 6.73. The van der Waals surface area contributed by atoms with Crippen LogP contribution in [0.15, 0.2) is 15.7 Å². The Bertz CT molecular complexity index is 494. The molecule has 0 aliphatic heterocycles. The maximum Gasteiger partial charge on any atom is 0.280 e. The molecule has 0 bridgehead atoms. The van der Waals surface area contributed by atoms with Crippen molar-refractivity contribution in [3.63, 3.8) is 0 Å². The molecule has 0 saturated carbocycles. The van der Waals surface area contributed by atoms with Gasteiger partial charge in [-0.3, -0.25) is 0 Å². The monoisotopic (exact) mass is 320 g/mol. The van der Waals surface area contributed by atoms with E-state index in [-0.39, 0.29) is 4.60 Å². The number of rotatable bonds is 2. The van der Waals surface area contributed by atoms with Crippen LogP contribution in [0, 0.1) is 0 Å². The van der Waals surface area contributed by atoms with Gasteiger partial charge in [0.1, 0.15) is 4.60 Å². The average Bonchev–Trinajstić information content (AvgIpc) is 2.06. The third kappa shape index (κ3) is 2.76. The van der Waals surface area contributed by atoms with Crippen LogP contribution in [-0.4, -0.2) is 13.4 Å². The predicted octanol–water partition coefficient (Wildman–Crippen LogP) is 2.29. The molecule has 1 aromatic heterocycles. The molecule has 15 heavy (non-hydrogen) atoms. The zero-order valence-corrected chi connectivity index (χ0v) is 10.1. The van der Waals surface area contributed by atoms with Crippen LogP contribution < -0.4 is 5.73 Å². The molecule has 1 aromatic rings. The van der Waals surface area contributed by atoms with Crippen molar-refractivity contribution in [3.8, 4) is 0 Å². The van der Waals surface area contributed by atoms with Crippen LogP contribution in [0.1, 0.15) is 12.0 Å². The quantitative estimate of drug-likeness (QED) is 0.670. The summed E-state index contributed by atoms with van der Waals surface area (Å²) in [6.45, 7) is 0. The molecule has 0 saturated heterocycles. The van der Waals surface area contributed by atoms with E-state index in [9.17, 15) is 17.2 Å². The summed E-state index contributed by atoms with van der Waals surface area (Å²) < 4.78 is 46.2. The second-order valence-electron chi connectivity index (χ2n) is 2.50. The van der Waals surface area contributed by atoms with E-state index < -0.39 is 31.8 Å². The third-order valence-corrected chi connectivity index (χ3v) is 3.32. The summed E-state index contributed by atoms with van der Waals surface area (Å²) >= 11 is 2.70. The van der Waals surface area contributed by atoms with Crippen LogP contribution in [0.25, 0.3) is 0 Å². The van der Waals surface area contributed by atoms with Crippen LogP contribution in [0.5, 0.6) is 0 Å². The number of halogens is 4. The van der Waals surface area contributed by atoms with E-state index in [0.29, 0.717) is 0 Å². The van der Waals surface area contributed by atoms with Crippen LogP contribution in [0.3, 0.4) is 0 Å². The number of nitrogens with two attached hydrogens (primary N) is 1. The Morgan fingerprint density at radius 3 is 2.47 bits per heavy atom. The fourth-order valence-electron chi connectivity index (χ4n) is 0.855. The molecule has 0 aromatic carbocycles. The molecule has 9 heteroatoms. The van der Waals surface area contributed by atoms with Gasteiger partial charge in [-0.05, 0) is 22.0 Å². The highest BCUT2D eigenvalue weighted by Crippen LogP contribution is 2.31. The Kier molecular flexibility index (Phi) is 3.51. The molecule has 1 rings (SSSR count). The summed E-state index contributed by atoms with van der Waals surface area (Å²) in [5, 5.41) is -0.638. The van der Waals surface area contributed by atoms with Crippen molar-refractivity contribution in [2.75, 3.05) is 5.73 Å². The number of hydrogen-bond donors (Lipinski definition) is 1. The first-order valence-electron chi connectivity index (χ1n) is 3.42. The van der Waals surface area contributed by atoms with Gasteiger partial charge in [-0.2, -0.15) is 0 Å². The van der Waals surface area contributed by atoms with E-state index in [4.69, 9.17) is 16.4 Å². The standard InChI is InChI=1S/C6H4BrClF2N2O2S/c7-4-2(5(9)10)1-3(11)6(12-4)15(8,13)14/h1,5H,11H2. The second kappa shape index (κ2) is 4.18. The Morgan fingerprint density at radius 1 is 1.53 bits per heavy atom. The molecule has 0 spiro atoms. The van der Waals surface area contributed by atoms with Gasteiger partial charge in [0.05, 0.1) is 11.3 Å². The number of pyridine rings is 1. The number of nitrogens with zero attached hydrogens (tertiary/aromatic N) is 1. The van der Waals surface area contributed by atoms with Gasteiger partial charge in [0.25, 0.3) is 15.5 Å². The summed E-state index contributed by atoms with van der Waals surface area (Å²) in [5.41, 5.74) is 4.33. The maximum absolute atomic E-state index is 12.3. The minimum absolute atomic E-state index is 0.300. The molecule has 0 amide bonds. The Morgan fingerprint density at radius 2 is 2.07 bits per heavy atom. The minimum atomic E-state index is -4.14. The van der Waals surface area contributed by atoms with E-state index in [1.54, 1.807) is 0 Å².